The summed E-state index contributed by atoms with van der Waals surface area (Å²) < 4.78 is 40.0. The van der Waals surface area contributed by atoms with Gasteiger partial charge in [0.05, 0.1) is 18.2 Å². The summed E-state index contributed by atoms with van der Waals surface area (Å²) in [4.78, 5) is 17.0. The molecule has 2 aromatic rings. The number of hydrogen-bond acceptors (Lipinski definition) is 5. The summed E-state index contributed by atoms with van der Waals surface area (Å²) in [5.74, 6) is -2.34. The SMILES string of the molecule is COCCCOc1cccc(-c2cc(F)c(N3CCC(C(=O)O)CC3)c(F)c2)n1. The fourth-order valence-corrected chi connectivity index (χ4v) is 3.40. The third kappa shape index (κ3) is 5.20. The minimum atomic E-state index is -0.865. The Hall–Kier alpha value is -2.74. The van der Waals surface area contributed by atoms with Crippen LogP contribution in [-0.2, 0) is 9.53 Å². The summed E-state index contributed by atoms with van der Waals surface area (Å²) >= 11 is 0. The van der Waals surface area contributed by atoms with Crippen molar-refractivity contribution in [1.82, 2.24) is 4.98 Å². The van der Waals surface area contributed by atoms with Crippen LogP contribution in [0.15, 0.2) is 30.3 Å². The van der Waals surface area contributed by atoms with Crippen molar-refractivity contribution in [1.29, 1.82) is 0 Å². The number of aromatic nitrogens is 1. The first-order chi connectivity index (χ1) is 14.0. The monoisotopic (exact) mass is 406 g/mol. The normalized spacial score (nSPS) is 14.8. The van der Waals surface area contributed by atoms with Gasteiger partial charge in [-0.1, -0.05) is 6.07 Å². The lowest BCUT2D eigenvalue weighted by atomic mass is 9.96. The van der Waals surface area contributed by atoms with Crippen LogP contribution in [0.3, 0.4) is 0 Å². The number of carbonyl (C=O) groups is 1. The standard InChI is InChI=1S/C21H24F2N2O4/c1-28-10-3-11-29-19-5-2-4-18(24-19)15-12-16(22)20(17(23)13-15)25-8-6-14(7-9-25)21(26)27/h2,4-5,12-14H,3,6-11H2,1H3,(H,26,27). The summed E-state index contributed by atoms with van der Waals surface area (Å²) in [6, 6.07) is 7.56. The highest BCUT2D eigenvalue weighted by Crippen LogP contribution is 2.32. The number of anilines is 1. The van der Waals surface area contributed by atoms with Crippen molar-refractivity contribution >= 4 is 11.7 Å². The van der Waals surface area contributed by atoms with Crippen molar-refractivity contribution < 1.29 is 28.2 Å². The molecule has 0 aliphatic carbocycles. The predicted octanol–water partition coefficient (Wildman–Crippen LogP) is 3.74. The Morgan fingerprint density at radius 2 is 1.90 bits per heavy atom. The average molecular weight is 406 g/mol. The van der Waals surface area contributed by atoms with Crippen molar-refractivity contribution in [3.05, 3.63) is 42.0 Å². The van der Waals surface area contributed by atoms with Crippen LogP contribution in [0.4, 0.5) is 14.5 Å². The number of aliphatic carboxylic acids is 1. The lowest BCUT2D eigenvalue weighted by molar-refractivity contribution is -0.142. The van der Waals surface area contributed by atoms with E-state index in [1.165, 1.54) is 12.1 Å². The van der Waals surface area contributed by atoms with Crippen molar-refractivity contribution in [2.24, 2.45) is 5.92 Å². The molecule has 6 nitrogen and oxygen atoms in total. The molecule has 1 aliphatic rings. The van der Waals surface area contributed by atoms with E-state index in [2.05, 4.69) is 4.98 Å². The second-order valence-corrected chi connectivity index (χ2v) is 6.94. The number of ether oxygens (including phenoxy) is 2. The second-order valence-electron chi connectivity index (χ2n) is 6.94. The number of hydrogen-bond donors (Lipinski definition) is 1. The molecule has 0 bridgehead atoms. The molecule has 29 heavy (non-hydrogen) atoms. The molecule has 0 atom stereocenters. The van der Waals surface area contributed by atoms with Crippen LogP contribution in [-0.4, -0.2) is 49.5 Å². The maximum atomic E-state index is 14.8. The van der Waals surface area contributed by atoms with Crippen molar-refractivity contribution in [2.45, 2.75) is 19.3 Å². The van der Waals surface area contributed by atoms with Crippen LogP contribution in [0.25, 0.3) is 11.3 Å². The van der Waals surface area contributed by atoms with E-state index in [4.69, 9.17) is 14.6 Å². The van der Waals surface area contributed by atoms with Crippen molar-refractivity contribution in [2.75, 3.05) is 38.3 Å². The van der Waals surface area contributed by atoms with E-state index in [1.54, 1.807) is 30.2 Å². The Morgan fingerprint density at radius 1 is 1.21 bits per heavy atom. The van der Waals surface area contributed by atoms with Gasteiger partial charge in [0.15, 0.2) is 0 Å². The van der Waals surface area contributed by atoms with Gasteiger partial charge in [0.25, 0.3) is 0 Å². The molecular weight excluding hydrogens is 382 g/mol. The molecule has 0 saturated carbocycles. The Labute approximate surface area is 168 Å². The molecule has 0 radical (unpaired) electrons. The zero-order valence-electron chi connectivity index (χ0n) is 16.2. The fourth-order valence-electron chi connectivity index (χ4n) is 3.40. The smallest absolute Gasteiger partial charge is 0.306 e. The largest absolute Gasteiger partial charge is 0.481 e. The minimum Gasteiger partial charge on any atom is -0.481 e. The number of carboxylic acid groups (broad SMARTS) is 1. The number of halogens is 2. The number of rotatable bonds is 8. The van der Waals surface area contributed by atoms with Crippen LogP contribution < -0.4 is 9.64 Å². The Bertz CT molecular complexity index is 831. The molecule has 1 N–H and O–H groups in total. The fraction of sp³-hybridized carbons (Fsp3) is 0.429. The molecule has 1 aromatic heterocycles. The maximum absolute atomic E-state index is 14.8. The number of pyridine rings is 1. The van der Waals surface area contributed by atoms with Crippen LogP contribution in [0.1, 0.15) is 19.3 Å². The third-order valence-corrected chi connectivity index (χ3v) is 4.94. The second kappa shape index (κ2) is 9.65. The van der Waals surface area contributed by atoms with Gasteiger partial charge < -0.3 is 19.5 Å². The first-order valence-corrected chi connectivity index (χ1v) is 9.55. The summed E-state index contributed by atoms with van der Waals surface area (Å²) in [6.07, 6.45) is 1.43. The molecule has 0 amide bonds. The predicted molar refractivity (Wildman–Crippen MR) is 104 cm³/mol. The molecule has 1 fully saturated rings. The molecule has 1 saturated heterocycles. The molecule has 0 unspecified atom stereocenters. The Morgan fingerprint density at radius 3 is 2.52 bits per heavy atom. The van der Waals surface area contributed by atoms with E-state index >= 15 is 0 Å². The van der Waals surface area contributed by atoms with Crippen molar-refractivity contribution in [3.63, 3.8) is 0 Å². The van der Waals surface area contributed by atoms with E-state index in [0.717, 1.165) is 0 Å². The molecule has 8 heteroatoms. The highest BCUT2D eigenvalue weighted by Gasteiger charge is 2.27. The lowest BCUT2D eigenvalue weighted by Gasteiger charge is -2.32. The Kier molecular flexibility index (Phi) is 6.98. The molecule has 2 heterocycles. The van der Waals surface area contributed by atoms with Gasteiger partial charge in [-0.3, -0.25) is 4.79 Å². The van der Waals surface area contributed by atoms with Gasteiger partial charge in [0.2, 0.25) is 5.88 Å². The zero-order valence-corrected chi connectivity index (χ0v) is 16.2. The highest BCUT2D eigenvalue weighted by molar-refractivity contribution is 5.71. The summed E-state index contributed by atoms with van der Waals surface area (Å²) in [5, 5.41) is 9.08. The van der Waals surface area contributed by atoms with E-state index in [-0.39, 0.29) is 5.69 Å². The molecular formula is C21H24F2N2O4. The molecule has 0 spiro atoms. The van der Waals surface area contributed by atoms with Crippen molar-refractivity contribution in [3.8, 4) is 17.1 Å². The van der Waals surface area contributed by atoms with Gasteiger partial charge in [-0.2, -0.15) is 0 Å². The Balaban J connectivity index is 1.75. The molecule has 1 aromatic carbocycles. The topological polar surface area (TPSA) is 71.9 Å². The van der Waals surface area contributed by atoms with E-state index in [9.17, 15) is 13.6 Å². The number of piperidine rings is 1. The lowest BCUT2D eigenvalue weighted by Crippen LogP contribution is -2.37. The number of methoxy groups -OCH3 is 1. The van der Waals surface area contributed by atoms with Gasteiger partial charge in [0.1, 0.15) is 17.3 Å². The molecule has 1 aliphatic heterocycles. The first kappa shape index (κ1) is 21.0. The summed E-state index contributed by atoms with van der Waals surface area (Å²) in [6.45, 7) is 1.60. The van der Waals surface area contributed by atoms with Gasteiger partial charge in [-0.25, -0.2) is 13.8 Å². The van der Waals surface area contributed by atoms with Gasteiger partial charge >= 0.3 is 5.97 Å². The maximum Gasteiger partial charge on any atom is 0.306 e. The summed E-state index contributed by atoms with van der Waals surface area (Å²) in [5.41, 5.74) is 0.597. The summed E-state index contributed by atoms with van der Waals surface area (Å²) in [7, 11) is 1.61. The van der Waals surface area contributed by atoms with Crippen LogP contribution in [0.5, 0.6) is 5.88 Å². The third-order valence-electron chi connectivity index (χ3n) is 4.94. The number of nitrogens with zero attached hydrogens (tertiary/aromatic N) is 2. The molecule has 3 rings (SSSR count). The first-order valence-electron chi connectivity index (χ1n) is 9.55. The van der Waals surface area contributed by atoms with Crippen LogP contribution >= 0.6 is 0 Å². The quantitative estimate of drug-likeness (QED) is 0.674. The van der Waals surface area contributed by atoms with E-state index in [0.29, 0.717) is 62.7 Å². The van der Waals surface area contributed by atoms with Gasteiger partial charge in [-0.15, -0.1) is 0 Å². The van der Waals surface area contributed by atoms with E-state index in [1.807, 2.05) is 0 Å². The highest BCUT2D eigenvalue weighted by atomic mass is 19.1. The van der Waals surface area contributed by atoms with Crippen LogP contribution in [0.2, 0.25) is 0 Å². The minimum absolute atomic E-state index is 0.121. The number of carboxylic acids is 1. The van der Waals surface area contributed by atoms with Gasteiger partial charge in [-0.05, 0) is 31.0 Å². The molecule has 156 valence electrons. The number of benzene rings is 1. The zero-order chi connectivity index (χ0) is 20.8. The van der Waals surface area contributed by atoms with E-state index < -0.39 is 23.5 Å². The van der Waals surface area contributed by atoms with Crippen LogP contribution in [0, 0.1) is 17.6 Å². The van der Waals surface area contributed by atoms with Gasteiger partial charge in [0, 0.05) is 44.9 Å². The average Bonchev–Trinajstić information content (AvgIpc) is 2.71.